The lowest BCUT2D eigenvalue weighted by molar-refractivity contribution is 0.480. The first kappa shape index (κ1) is 13.5. The molecule has 0 spiro atoms. The smallest absolute Gasteiger partial charge is 0.123 e. The topological polar surface area (TPSA) is 20.2 Å². The molecule has 2 aromatic carbocycles. The maximum Gasteiger partial charge on any atom is 0.123 e. The van der Waals surface area contributed by atoms with Gasteiger partial charge in [-0.05, 0) is 42.5 Å². The molecule has 0 aliphatic rings. The van der Waals surface area contributed by atoms with Crippen molar-refractivity contribution in [3.8, 4) is 5.75 Å². The quantitative estimate of drug-likeness (QED) is 0.855. The third kappa shape index (κ3) is 2.91. The number of phenolic OH excluding ortho intramolecular Hbond substituents is 1. The highest BCUT2D eigenvalue weighted by Gasteiger charge is 2.11. The highest BCUT2D eigenvalue weighted by atomic mass is 31.1. The van der Waals surface area contributed by atoms with Gasteiger partial charge in [-0.1, -0.05) is 52.9 Å². The Labute approximate surface area is 112 Å². The summed E-state index contributed by atoms with van der Waals surface area (Å²) in [4.78, 5) is 0. The molecule has 94 valence electrons. The van der Waals surface area contributed by atoms with Crippen LogP contribution >= 0.6 is 16.5 Å². The van der Waals surface area contributed by atoms with E-state index in [-0.39, 0.29) is 7.92 Å². The van der Waals surface area contributed by atoms with Crippen LogP contribution in [0, 0.1) is 6.92 Å². The maximum atomic E-state index is 9.90. The van der Waals surface area contributed by atoms with Crippen molar-refractivity contribution in [3.05, 3.63) is 48.0 Å². The molecule has 0 bridgehead atoms. The molecule has 0 amide bonds. The van der Waals surface area contributed by atoms with Crippen LogP contribution in [0.15, 0.2) is 42.5 Å². The minimum atomic E-state index is -0.113. The highest BCUT2D eigenvalue weighted by Crippen LogP contribution is 2.27. The number of hydrogen-bond acceptors (Lipinski definition) is 1. The van der Waals surface area contributed by atoms with Crippen LogP contribution < -0.4 is 15.9 Å². The number of rotatable bonds is 3. The Bertz CT molecular complexity index is 550. The third-order valence-electron chi connectivity index (χ3n) is 2.90. The first-order valence-electron chi connectivity index (χ1n) is 5.91. The second kappa shape index (κ2) is 5.83. The number of benzene rings is 2. The standard InChI is InChI=1S/C15H18OP2/c1-11-7-6-10-14(18(2)3)15(11)17-13-9-5-4-8-12(13)16/h4-10,16-17H,1-3H3. The Morgan fingerprint density at radius 2 is 1.72 bits per heavy atom. The monoisotopic (exact) mass is 276 g/mol. The zero-order valence-electron chi connectivity index (χ0n) is 10.9. The molecule has 18 heavy (non-hydrogen) atoms. The van der Waals surface area contributed by atoms with Crippen molar-refractivity contribution in [2.75, 3.05) is 13.3 Å². The number of hydrogen-bond donors (Lipinski definition) is 1. The summed E-state index contributed by atoms with van der Waals surface area (Å²) in [7, 11) is 0.419. The first-order valence-corrected chi connectivity index (χ1v) is 9.15. The summed E-state index contributed by atoms with van der Waals surface area (Å²) in [6, 6.07) is 14.1. The summed E-state index contributed by atoms with van der Waals surface area (Å²) in [6.45, 7) is 6.72. The molecule has 1 N–H and O–H groups in total. The minimum absolute atomic E-state index is 0.113. The molecule has 0 heterocycles. The van der Waals surface area contributed by atoms with Gasteiger partial charge in [-0.25, -0.2) is 0 Å². The van der Waals surface area contributed by atoms with Crippen LogP contribution in [0.3, 0.4) is 0 Å². The number of aromatic hydroxyl groups is 1. The van der Waals surface area contributed by atoms with Gasteiger partial charge in [0.2, 0.25) is 0 Å². The van der Waals surface area contributed by atoms with Gasteiger partial charge in [0, 0.05) is 5.30 Å². The van der Waals surface area contributed by atoms with E-state index < -0.39 is 0 Å². The van der Waals surface area contributed by atoms with Crippen molar-refractivity contribution in [3.63, 3.8) is 0 Å². The predicted molar refractivity (Wildman–Crippen MR) is 85.3 cm³/mol. The summed E-state index contributed by atoms with van der Waals surface area (Å²) < 4.78 is 0. The van der Waals surface area contributed by atoms with Crippen molar-refractivity contribution < 1.29 is 5.11 Å². The molecule has 1 nitrogen and oxygen atoms in total. The summed E-state index contributed by atoms with van der Waals surface area (Å²) in [6.07, 6.45) is 0. The minimum Gasteiger partial charge on any atom is -0.507 e. The number of aryl methyl sites for hydroxylation is 1. The van der Waals surface area contributed by atoms with Gasteiger partial charge in [0.25, 0.3) is 0 Å². The molecular weight excluding hydrogens is 258 g/mol. The van der Waals surface area contributed by atoms with Crippen molar-refractivity contribution in [1.82, 2.24) is 0 Å². The van der Waals surface area contributed by atoms with Crippen LogP contribution in [0.4, 0.5) is 0 Å². The van der Waals surface area contributed by atoms with Gasteiger partial charge in [0.1, 0.15) is 5.75 Å². The van der Waals surface area contributed by atoms with Gasteiger partial charge in [-0.2, -0.15) is 0 Å². The van der Waals surface area contributed by atoms with Crippen LogP contribution in [0.5, 0.6) is 5.75 Å². The summed E-state index contributed by atoms with van der Waals surface area (Å²) >= 11 is 0. The highest BCUT2D eigenvalue weighted by molar-refractivity contribution is 7.67. The van der Waals surface area contributed by atoms with E-state index in [1.165, 1.54) is 16.2 Å². The molecule has 2 rings (SSSR count). The van der Waals surface area contributed by atoms with Crippen molar-refractivity contribution in [1.29, 1.82) is 0 Å². The molecule has 1 atom stereocenters. The lowest BCUT2D eigenvalue weighted by atomic mass is 10.2. The molecule has 0 aliphatic carbocycles. The van der Waals surface area contributed by atoms with E-state index in [1.807, 2.05) is 18.2 Å². The van der Waals surface area contributed by atoms with Gasteiger partial charge in [0.05, 0.1) is 0 Å². The molecule has 2 aromatic rings. The third-order valence-corrected chi connectivity index (χ3v) is 6.05. The van der Waals surface area contributed by atoms with Crippen LogP contribution in [0.2, 0.25) is 0 Å². The SMILES string of the molecule is Cc1cccc(P(C)C)c1Pc1ccccc1O. The number of phenols is 1. The Kier molecular flexibility index (Phi) is 4.38. The van der Waals surface area contributed by atoms with Gasteiger partial charge in [-0.3, -0.25) is 0 Å². The molecule has 0 saturated carbocycles. The van der Waals surface area contributed by atoms with Crippen LogP contribution in [0.1, 0.15) is 5.56 Å². The van der Waals surface area contributed by atoms with E-state index in [1.54, 1.807) is 6.07 Å². The van der Waals surface area contributed by atoms with Gasteiger partial charge < -0.3 is 5.11 Å². The summed E-state index contributed by atoms with van der Waals surface area (Å²) in [5.41, 5.74) is 1.32. The lowest BCUT2D eigenvalue weighted by Gasteiger charge is -2.16. The fourth-order valence-electron chi connectivity index (χ4n) is 1.90. The van der Waals surface area contributed by atoms with E-state index in [2.05, 4.69) is 38.5 Å². The normalized spacial score (nSPS) is 11.6. The van der Waals surface area contributed by atoms with Crippen molar-refractivity contribution >= 4 is 32.4 Å². The molecule has 0 radical (unpaired) electrons. The van der Waals surface area contributed by atoms with E-state index in [9.17, 15) is 5.11 Å². The lowest BCUT2D eigenvalue weighted by Crippen LogP contribution is -2.23. The Balaban J connectivity index is 2.43. The first-order chi connectivity index (χ1) is 8.59. The average molecular weight is 276 g/mol. The van der Waals surface area contributed by atoms with Gasteiger partial charge in [0.15, 0.2) is 0 Å². The fraction of sp³-hybridized carbons (Fsp3) is 0.200. The molecular formula is C15H18OP2. The van der Waals surface area contributed by atoms with Gasteiger partial charge in [-0.15, -0.1) is 0 Å². The number of para-hydroxylation sites is 1. The van der Waals surface area contributed by atoms with Crippen LogP contribution in [-0.2, 0) is 0 Å². The van der Waals surface area contributed by atoms with Crippen LogP contribution in [-0.4, -0.2) is 18.4 Å². The van der Waals surface area contributed by atoms with E-state index in [0.717, 1.165) is 5.30 Å². The largest absolute Gasteiger partial charge is 0.507 e. The fourth-order valence-corrected chi connectivity index (χ4v) is 4.90. The average Bonchev–Trinajstić information content (AvgIpc) is 2.34. The Morgan fingerprint density at radius 3 is 2.39 bits per heavy atom. The zero-order chi connectivity index (χ0) is 13.1. The van der Waals surface area contributed by atoms with E-state index >= 15 is 0 Å². The van der Waals surface area contributed by atoms with Crippen molar-refractivity contribution in [2.45, 2.75) is 6.92 Å². The van der Waals surface area contributed by atoms with E-state index in [0.29, 0.717) is 14.3 Å². The van der Waals surface area contributed by atoms with E-state index in [4.69, 9.17) is 0 Å². The second-order valence-corrected chi connectivity index (χ2v) is 8.06. The molecule has 0 saturated heterocycles. The maximum absolute atomic E-state index is 9.90. The second-order valence-electron chi connectivity index (χ2n) is 4.51. The molecule has 0 fully saturated rings. The Hall–Kier alpha value is -0.900. The summed E-state index contributed by atoms with van der Waals surface area (Å²) in [5, 5.41) is 13.8. The molecule has 3 heteroatoms. The molecule has 1 unspecified atom stereocenters. The van der Waals surface area contributed by atoms with Crippen LogP contribution in [0.25, 0.3) is 0 Å². The molecule has 0 aromatic heterocycles. The van der Waals surface area contributed by atoms with Gasteiger partial charge >= 0.3 is 0 Å². The zero-order valence-corrected chi connectivity index (χ0v) is 12.8. The molecule has 0 aliphatic heterocycles. The summed E-state index contributed by atoms with van der Waals surface area (Å²) in [5.74, 6) is 0.404. The van der Waals surface area contributed by atoms with Crippen molar-refractivity contribution in [2.24, 2.45) is 0 Å². The predicted octanol–water partition coefficient (Wildman–Crippen LogP) is 2.70. The Morgan fingerprint density at radius 1 is 1.00 bits per heavy atom.